The lowest BCUT2D eigenvalue weighted by Gasteiger charge is -2.13. The van der Waals surface area contributed by atoms with Gasteiger partial charge in [-0.05, 0) is 62.1 Å². The first-order valence-corrected chi connectivity index (χ1v) is 9.43. The predicted molar refractivity (Wildman–Crippen MR) is 93.3 cm³/mol. The van der Waals surface area contributed by atoms with Crippen molar-refractivity contribution in [3.05, 3.63) is 60.2 Å². The molecule has 1 saturated carbocycles. The molecule has 2 N–H and O–H groups in total. The van der Waals surface area contributed by atoms with Crippen LogP contribution in [-0.2, 0) is 10.0 Å². The number of amides is 1. The summed E-state index contributed by atoms with van der Waals surface area (Å²) >= 11 is 0. The molecular formula is C18H20N2O3S. The standard InChI is InChI=1S/C18H20N2O3S/c1-13(14-7-8-14)19-18(21)15-9-11-16(12-10-15)20-24(22,23)17-5-3-2-4-6-17/h2-6,9-14,20H,7-8H2,1H3,(H,19,21)/t13-/m0/s1. The van der Waals surface area contributed by atoms with Crippen molar-refractivity contribution in [1.82, 2.24) is 5.32 Å². The molecule has 2 aromatic carbocycles. The number of hydrogen-bond acceptors (Lipinski definition) is 3. The van der Waals surface area contributed by atoms with E-state index >= 15 is 0 Å². The zero-order valence-electron chi connectivity index (χ0n) is 13.4. The van der Waals surface area contributed by atoms with Gasteiger partial charge in [0.2, 0.25) is 0 Å². The Balaban J connectivity index is 1.67. The highest BCUT2D eigenvalue weighted by Gasteiger charge is 2.29. The van der Waals surface area contributed by atoms with E-state index in [-0.39, 0.29) is 16.8 Å². The zero-order valence-corrected chi connectivity index (χ0v) is 14.2. The SMILES string of the molecule is C[C@H](NC(=O)c1ccc(NS(=O)(=O)c2ccccc2)cc1)C1CC1. The van der Waals surface area contributed by atoms with Crippen LogP contribution in [0.15, 0.2) is 59.5 Å². The van der Waals surface area contributed by atoms with Crippen molar-refractivity contribution >= 4 is 21.6 Å². The Hall–Kier alpha value is -2.34. The highest BCUT2D eigenvalue weighted by Crippen LogP contribution is 2.32. The number of sulfonamides is 1. The molecular weight excluding hydrogens is 324 g/mol. The van der Waals surface area contributed by atoms with Gasteiger partial charge in [0.15, 0.2) is 0 Å². The van der Waals surface area contributed by atoms with Gasteiger partial charge in [0.25, 0.3) is 15.9 Å². The second-order valence-electron chi connectivity index (χ2n) is 6.10. The molecule has 1 fully saturated rings. The van der Waals surface area contributed by atoms with Gasteiger partial charge in [0.1, 0.15) is 0 Å². The van der Waals surface area contributed by atoms with Crippen molar-refractivity contribution in [2.75, 3.05) is 4.72 Å². The Labute approximate surface area is 142 Å². The summed E-state index contributed by atoms with van der Waals surface area (Å²) in [6.45, 7) is 2.01. The van der Waals surface area contributed by atoms with Crippen molar-refractivity contribution in [2.45, 2.75) is 30.7 Å². The van der Waals surface area contributed by atoms with Crippen LogP contribution in [0.25, 0.3) is 0 Å². The first-order valence-electron chi connectivity index (χ1n) is 7.94. The third-order valence-electron chi connectivity index (χ3n) is 4.14. The molecule has 24 heavy (non-hydrogen) atoms. The molecule has 5 nitrogen and oxygen atoms in total. The van der Waals surface area contributed by atoms with Crippen LogP contribution in [0.5, 0.6) is 0 Å². The number of carbonyl (C=O) groups is 1. The third-order valence-corrected chi connectivity index (χ3v) is 5.54. The van der Waals surface area contributed by atoms with Gasteiger partial charge in [-0.1, -0.05) is 18.2 Å². The summed E-state index contributed by atoms with van der Waals surface area (Å²) in [6, 6.07) is 14.8. The van der Waals surface area contributed by atoms with Crippen molar-refractivity contribution < 1.29 is 13.2 Å². The summed E-state index contributed by atoms with van der Waals surface area (Å²) in [5, 5.41) is 2.97. The van der Waals surface area contributed by atoms with E-state index in [2.05, 4.69) is 10.0 Å². The van der Waals surface area contributed by atoms with Gasteiger partial charge in [0, 0.05) is 17.3 Å². The Morgan fingerprint density at radius 3 is 2.25 bits per heavy atom. The lowest BCUT2D eigenvalue weighted by Crippen LogP contribution is -2.33. The van der Waals surface area contributed by atoms with Crippen LogP contribution < -0.4 is 10.0 Å². The normalized spacial score (nSPS) is 15.5. The molecule has 0 aliphatic heterocycles. The van der Waals surface area contributed by atoms with Crippen LogP contribution >= 0.6 is 0 Å². The molecule has 3 rings (SSSR count). The molecule has 1 aliphatic rings. The average molecular weight is 344 g/mol. The van der Waals surface area contributed by atoms with E-state index in [0.717, 1.165) is 0 Å². The quantitative estimate of drug-likeness (QED) is 0.846. The van der Waals surface area contributed by atoms with E-state index in [1.54, 1.807) is 42.5 Å². The monoisotopic (exact) mass is 344 g/mol. The maximum atomic E-state index is 12.3. The second-order valence-corrected chi connectivity index (χ2v) is 7.78. The van der Waals surface area contributed by atoms with E-state index in [1.807, 2.05) is 6.92 Å². The molecule has 0 radical (unpaired) electrons. The van der Waals surface area contributed by atoms with E-state index in [9.17, 15) is 13.2 Å². The van der Waals surface area contributed by atoms with Gasteiger partial charge < -0.3 is 5.32 Å². The number of anilines is 1. The number of benzene rings is 2. The van der Waals surface area contributed by atoms with Gasteiger partial charge in [-0.15, -0.1) is 0 Å². The highest BCUT2D eigenvalue weighted by molar-refractivity contribution is 7.92. The van der Waals surface area contributed by atoms with Gasteiger partial charge in [-0.3, -0.25) is 9.52 Å². The summed E-state index contributed by atoms with van der Waals surface area (Å²) in [7, 11) is -3.62. The molecule has 1 amide bonds. The first kappa shape index (κ1) is 16.5. The molecule has 2 aromatic rings. The molecule has 0 spiro atoms. The predicted octanol–water partition coefficient (Wildman–Crippen LogP) is 3.02. The molecule has 0 unspecified atom stereocenters. The van der Waals surface area contributed by atoms with Gasteiger partial charge in [-0.25, -0.2) is 8.42 Å². The maximum Gasteiger partial charge on any atom is 0.261 e. The van der Waals surface area contributed by atoms with Crippen LogP contribution in [0.1, 0.15) is 30.1 Å². The fourth-order valence-corrected chi connectivity index (χ4v) is 3.59. The Morgan fingerprint density at radius 1 is 1.04 bits per heavy atom. The number of rotatable bonds is 6. The summed E-state index contributed by atoms with van der Waals surface area (Å²) in [4.78, 5) is 12.4. The summed E-state index contributed by atoms with van der Waals surface area (Å²) < 4.78 is 27.0. The molecule has 1 atom stereocenters. The molecule has 0 bridgehead atoms. The third kappa shape index (κ3) is 3.94. The minimum atomic E-state index is -3.62. The molecule has 0 heterocycles. The Morgan fingerprint density at radius 2 is 1.67 bits per heavy atom. The topological polar surface area (TPSA) is 75.3 Å². The molecule has 0 aromatic heterocycles. The first-order chi connectivity index (χ1) is 11.5. The number of hydrogen-bond donors (Lipinski definition) is 2. The summed E-state index contributed by atoms with van der Waals surface area (Å²) in [5.74, 6) is 0.456. The summed E-state index contributed by atoms with van der Waals surface area (Å²) in [5.41, 5.74) is 0.941. The summed E-state index contributed by atoms with van der Waals surface area (Å²) in [6.07, 6.45) is 2.34. The number of nitrogens with one attached hydrogen (secondary N) is 2. The fourth-order valence-electron chi connectivity index (χ4n) is 2.51. The molecule has 6 heteroatoms. The van der Waals surface area contributed by atoms with E-state index < -0.39 is 10.0 Å². The number of carbonyl (C=O) groups excluding carboxylic acids is 1. The van der Waals surface area contributed by atoms with Gasteiger partial charge >= 0.3 is 0 Å². The zero-order chi connectivity index (χ0) is 17.2. The van der Waals surface area contributed by atoms with Crippen molar-refractivity contribution in [3.8, 4) is 0 Å². The van der Waals surface area contributed by atoms with Crippen LogP contribution in [0.2, 0.25) is 0 Å². The highest BCUT2D eigenvalue weighted by atomic mass is 32.2. The molecule has 0 saturated heterocycles. The fraction of sp³-hybridized carbons (Fsp3) is 0.278. The van der Waals surface area contributed by atoms with Crippen molar-refractivity contribution in [2.24, 2.45) is 5.92 Å². The van der Waals surface area contributed by atoms with Crippen molar-refractivity contribution in [1.29, 1.82) is 0 Å². The molecule has 126 valence electrons. The van der Waals surface area contributed by atoms with Crippen LogP contribution in [0, 0.1) is 5.92 Å². The largest absolute Gasteiger partial charge is 0.349 e. The second kappa shape index (κ2) is 6.65. The molecule has 1 aliphatic carbocycles. The minimum absolute atomic E-state index is 0.133. The lowest BCUT2D eigenvalue weighted by atomic mass is 10.1. The smallest absolute Gasteiger partial charge is 0.261 e. The van der Waals surface area contributed by atoms with Gasteiger partial charge in [-0.2, -0.15) is 0 Å². The Bertz CT molecular complexity index is 813. The average Bonchev–Trinajstić information content (AvgIpc) is 3.41. The minimum Gasteiger partial charge on any atom is -0.349 e. The lowest BCUT2D eigenvalue weighted by molar-refractivity contribution is 0.0936. The van der Waals surface area contributed by atoms with Crippen LogP contribution in [0.4, 0.5) is 5.69 Å². The van der Waals surface area contributed by atoms with E-state index in [4.69, 9.17) is 0 Å². The van der Waals surface area contributed by atoms with Gasteiger partial charge in [0.05, 0.1) is 4.90 Å². The van der Waals surface area contributed by atoms with Crippen molar-refractivity contribution in [3.63, 3.8) is 0 Å². The van der Waals surface area contributed by atoms with Crippen LogP contribution in [0.3, 0.4) is 0 Å². The van der Waals surface area contributed by atoms with E-state index in [1.165, 1.54) is 25.0 Å². The Kier molecular flexibility index (Phi) is 4.57. The van der Waals surface area contributed by atoms with Crippen LogP contribution in [-0.4, -0.2) is 20.4 Å². The van der Waals surface area contributed by atoms with E-state index in [0.29, 0.717) is 17.2 Å². The maximum absolute atomic E-state index is 12.3.